The number of esters is 1. The molecule has 0 saturated carbocycles. The van der Waals surface area contributed by atoms with E-state index >= 15 is 0 Å². The van der Waals surface area contributed by atoms with Crippen LogP contribution in [0, 0.1) is 0 Å². The lowest BCUT2D eigenvalue weighted by atomic mass is 10.1. The minimum Gasteiger partial charge on any atom is -0.456 e. The van der Waals surface area contributed by atoms with E-state index < -0.39 is 28.3 Å². The van der Waals surface area contributed by atoms with E-state index in [1.165, 1.54) is 18.4 Å². The fourth-order valence-electron chi connectivity index (χ4n) is 2.48. The molecule has 0 spiro atoms. The molecule has 0 aromatic heterocycles. The number of rotatable bonds is 10. The van der Waals surface area contributed by atoms with Gasteiger partial charge in [-0.05, 0) is 33.1 Å². The van der Waals surface area contributed by atoms with E-state index in [0.717, 1.165) is 17.1 Å². The van der Waals surface area contributed by atoms with Gasteiger partial charge in [-0.3, -0.25) is 4.79 Å². The molecule has 0 aromatic rings. The minimum absolute atomic E-state index is 0.232. The van der Waals surface area contributed by atoms with Crippen molar-refractivity contribution in [1.29, 1.82) is 0 Å². The molecule has 0 N–H and O–H groups in total. The van der Waals surface area contributed by atoms with Crippen LogP contribution in [0.25, 0.3) is 0 Å². The topological polar surface area (TPSA) is 85.4 Å². The fraction of sp³-hybridized carbons (Fsp3) is 0.933. The molecule has 1 fully saturated rings. The Bertz CT molecular complexity index is 474. The molecular formula is C15H30N2O6S. The van der Waals surface area contributed by atoms with Gasteiger partial charge in [0.25, 0.3) is 10.2 Å². The summed E-state index contributed by atoms with van der Waals surface area (Å²) in [7, 11) is -0.745. The van der Waals surface area contributed by atoms with Crippen LogP contribution in [0.2, 0.25) is 0 Å². The van der Waals surface area contributed by atoms with Crippen LogP contribution < -0.4 is 0 Å². The third kappa shape index (κ3) is 5.96. The zero-order valence-corrected chi connectivity index (χ0v) is 15.9. The first-order valence-corrected chi connectivity index (χ1v) is 9.79. The van der Waals surface area contributed by atoms with Gasteiger partial charge in [-0.2, -0.15) is 17.0 Å². The van der Waals surface area contributed by atoms with Gasteiger partial charge in [0.1, 0.15) is 12.1 Å². The molecule has 1 rings (SSSR count). The van der Waals surface area contributed by atoms with E-state index in [9.17, 15) is 13.2 Å². The molecular weight excluding hydrogens is 336 g/mol. The maximum Gasteiger partial charge on any atom is 0.324 e. The molecule has 0 amide bonds. The molecule has 1 aliphatic rings. The van der Waals surface area contributed by atoms with Gasteiger partial charge in [0, 0.05) is 33.9 Å². The van der Waals surface area contributed by atoms with E-state index in [4.69, 9.17) is 14.2 Å². The number of piperidine rings is 1. The number of carbonyl (C=O) groups is 1. The second-order valence-electron chi connectivity index (χ2n) is 5.79. The molecule has 142 valence electrons. The van der Waals surface area contributed by atoms with Crippen molar-refractivity contribution in [2.45, 2.75) is 45.3 Å². The van der Waals surface area contributed by atoms with Crippen LogP contribution in [-0.2, 0) is 29.2 Å². The Morgan fingerprint density at radius 3 is 2.25 bits per heavy atom. The first-order chi connectivity index (χ1) is 11.3. The van der Waals surface area contributed by atoms with Gasteiger partial charge < -0.3 is 14.2 Å². The van der Waals surface area contributed by atoms with Crippen molar-refractivity contribution in [1.82, 2.24) is 8.61 Å². The number of ether oxygens (including phenoxy) is 3. The molecule has 0 radical (unpaired) electrons. The Labute approximate surface area is 145 Å². The highest BCUT2D eigenvalue weighted by Crippen LogP contribution is 2.23. The molecule has 0 aliphatic carbocycles. The SMILES string of the molecule is CCOCC(COCC)OC(=O)[C@@H]1CCCCN1S(=O)(=O)N(C)C. The standard InChI is InChI=1S/C15H30N2O6S/c1-5-21-11-13(12-22-6-2)23-15(18)14-9-7-8-10-17(14)24(19,20)16(3)4/h13-14H,5-12H2,1-4H3/t14-/m0/s1. The zero-order valence-electron chi connectivity index (χ0n) is 15.1. The minimum atomic E-state index is -3.66. The van der Waals surface area contributed by atoms with Gasteiger partial charge >= 0.3 is 5.97 Å². The van der Waals surface area contributed by atoms with Gasteiger partial charge in [0.2, 0.25) is 0 Å². The van der Waals surface area contributed by atoms with Gasteiger partial charge in [0.15, 0.2) is 0 Å². The Morgan fingerprint density at radius 1 is 1.17 bits per heavy atom. The zero-order chi connectivity index (χ0) is 18.2. The van der Waals surface area contributed by atoms with Crippen LogP contribution in [0.3, 0.4) is 0 Å². The Morgan fingerprint density at radius 2 is 1.75 bits per heavy atom. The molecule has 1 aliphatic heterocycles. The first-order valence-electron chi connectivity index (χ1n) is 8.39. The lowest BCUT2D eigenvalue weighted by Gasteiger charge is -2.35. The summed E-state index contributed by atoms with van der Waals surface area (Å²) >= 11 is 0. The van der Waals surface area contributed by atoms with Crippen molar-refractivity contribution < 1.29 is 27.4 Å². The predicted octanol–water partition coefficient (Wildman–Crippen LogP) is 0.632. The molecule has 9 heteroatoms. The highest BCUT2D eigenvalue weighted by atomic mass is 32.2. The van der Waals surface area contributed by atoms with Crippen LogP contribution in [0.5, 0.6) is 0 Å². The Balaban J connectivity index is 2.80. The summed E-state index contributed by atoms with van der Waals surface area (Å²) in [5.41, 5.74) is 0. The molecule has 1 atom stereocenters. The van der Waals surface area contributed by atoms with Crippen molar-refractivity contribution >= 4 is 16.2 Å². The third-order valence-electron chi connectivity index (χ3n) is 3.78. The maximum atomic E-state index is 12.6. The van der Waals surface area contributed by atoms with Crippen LogP contribution in [0.4, 0.5) is 0 Å². The Kier molecular flexibility index (Phi) is 9.14. The third-order valence-corrected chi connectivity index (χ3v) is 5.73. The molecule has 1 heterocycles. The van der Waals surface area contributed by atoms with Crippen LogP contribution in [0.1, 0.15) is 33.1 Å². The normalized spacial score (nSPS) is 19.8. The van der Waals surface area contributed by atoms with Crippen molar-refractivity contribution in [2.24, 2.45) is 0 Å². The molecule has 1 saturated heterocycles. The average molecular weight is 366 g/mol. The second kappa shape index (κ2) is 10.3. The van der Waals surface area contributed by atoms with Crippen molar-refractivity contribution in [2.75, 3.05) is 47.1 Å². The smallest absolute Gasteiger partial charge is 0.324 e. The van der Waals surface area contributed by atoms with E-state index in [0.29, 0.717) is 26.2 Å². The lowest BCUT2D eigenvalue weighted by Crippen LogP contribution is -2.53. The highest BCUT2D eigenvalue weighted by Gasteiger charge is 2.39. The van der Waals surface area contributed by atoms with Crippen molar-refractivity contribution in [3.63, 3.8) is 0 Å². The van der Waals surface area contributed by atoms with Crippen molar-refractivity contribution in [3.8, 4) is 0 Å². The molecule has 0 bridgehead atoms. The predicted molar refractivity (Wildman–Crippen MR) is 89.8 cm³/mol. The average Bonchev–Trinajstić information content (AvgIpc) is 2.56. The summed E-state index contributed by atoms with van der Waals surface area (Å²) in [6.45, 7) is 5.50. The molecule has 24 heavy (non-hydrogen) atoms. The quantitative estimate of drug-likeness (QED) is 0.527. The van der Waals surface area contributed by atoms with E-state index in [-0.39, 0.29) is 13.2 Å². The molecule has 0 aromatic carbocycles. The summed E-state index contributed by atoms with van der Waals surface area (Å²) in [6.07, 6.45) is 1.45. The monoisotopic (exact) mass is 366 g/mol. The second-order valence-corrected chi connectivity index (χ2v) is 7.89. The van der Waals surface area contributed by atoms with Gasteiger partial charge in [-0.15, -0.1) is 0 Å². The number of hydrogen-bond acceptors (Lipinski definition) is 6. The number of carbonyl (C=O) groups excluding carboxylic acids is 1. The molecule has 0 unspecified atom stereocenters. The fourth-order valence-corrected chi connectivity index (χ4v) is 3.78. The summed E-state index contributed by atoms with van der Waals surface area (Å²) < 4.78 is 43.3. The highest BCUT2D eigenvalue weighted by molar-refractivity contribution is 7.86. The first kappa shape index (κ1) is 21.3. The maximum absolute atomic E-state index is 12.6. The van der Waals surface area contributed by atoms with Gasteiger partial charge in [-0.25, -0.2) is 0 Å². The van der Waals surface area contributed by atoms with Crippen LogP contribution in [-0.4, -0.2) is 82.2 Å². The van der Waals surface area contributed by atoms with E-state index in [1.54, 1.807) is 0 Å². The summed E-state index contributed by atoms with van der Waals surface area (Å²) in [5.74, 6) is -0.537. The largest absolute Gasteiger partial charge is 0.456 e. The van der Waals surface area contributed by atoms with E-state index in [2.05, 4.69) is 0 Å². The van der Waals surface area contributed by atoms with Crippen molar-refractivity contribution in [3.05, 3.63) is 0 Å². The van der Waals surface area contributed by atoms with Gasteiger partial charge in [-0.1, -0.05) is 0 Å². The summed E-state index contributed by atoms with van der Waals surface area (Å²) in [6, 6.07) is -0.795. The summed E-state index contributed by atoms with van der Waals surface area (Å²) in [4.78, 5) is 12.6. The van der Waals surface area contributed by atoms with Gasteiger partial charge in [0.05, 0.1) is 13.2 Å². The molecule has 8 nitrogen and oxygen atoms in total. The van der Waals surface area contributed by atoms with Crippen LogP contribution >= 0.6 is 0 Å². The number of hydrogen-bond donors (Lipinski definition) is 0. The lowest BCUT2D eigenvalue weighted by molar-refractivity contribution is -0.161. The number of nitrogens with zero attached hydrogens (tertiary/aromatic N) is 2. The Hall–Kier alpha value is -0.740. The van der Waals surface area contributed by atoms with E-state index in [1.807, 2.05) is 13.8 Å². The summed E-state index contributed by atoms with van der Waals surface area (Å²) in [5, 5.41) is 0. The van der Waals surface area contributed by atoms with Crippen LogP contribution in [0.15, 0.2) is 0 Å².